The third-order valence-corrected chi connectivity index (χ3v) is 14.2. The third kappa shape index (κ3) is 3.70. The van der Waals surface area contributed by atoms with Gasteiger partial charge in [0.25, 0.3) is 0 Å². The van der Waals surface area contributed by atoms with Crippen LogP contribution in [0.1, 0.15) is 24.8 Å². The molecule has 3 aromatic rings. The number of hydrogen-bond acceptors (Lipinski definition) is 5. The van der Waals surface area contributed by atoms with Crippen molar-refractivity contribution in [2.75, 3.05) is 19.0 Å². The van der Waals surface area contributed by atoms with Gasteiger partial charge in [-0.25, -0.2) is 16.8 Å². The first kappa shape index (κ1) is 25.8. The van der Waals surface area contributed by atoms with Crippen molar-refractivity contribution in [2.24, 2.45) is 23.7 Å². The van der Waals surface area contributed by atoms with Crippen LogP contribution in [0.25, 0.3) is 6.08 Å². The minimum Gasteiger partial charge on any atom is -0.378 e. The summed E-state index contributed by atoms with van der Waals surface area (Å²) in [5.74, 6) is -0.137. The van der Waals surface area contributed by atoms with Crippen LogP contribution in [-0.4, -0.2) is 41.4 Å². The van der Waals surface area contributed by atoms with Gasteiger partial charge in [-0.2, -0.15) is 0 Å². The highest BCUT2D eigenvalue weighted by Crippen LogP contribution is 2.68. The molecule has 3 aromatic carbocycles. The third-order valence-electron chi connectivity index (χ3n) is 9.62. The molecule has 0 unspecified atom stereocenters. The molecule has 206 valence electrons. The summed E-state index contributed by atoms with van der Waals surface area (Å²) in [6.07, 6.45) is 5.25. The average Bonchev–Trinajstić information content (AvgIpc) is 3.73. The fourth-order valence-corrected chi connectivity index (χ4v) is 13.0. The van der Waals surface area contributed by atoms with Crippen LogP contribution in [0.3, 0.4) is 0 Å². The van der Waals surface area contributed by atoms with Crippen LogP contribution in [0.5, 0.6) is 0 Å². The van der Waals surface area contributed by atoms with Crippen molar-refractivity contribution >= 4 is 31.4 Å². The number of rotatable bonds is 6. The Hall–Kier alpha value is -3.16. The fourth-order valence-electron chi connectivity index (χ4n) is 8.04. The van der Waals surface area contributed by atoms with Crippen molar-refractivity contribution in [1.29, 1.82) is 0 Å². The Morgan fingerprint density at radius 2 is 1.10 bits per heavy atom. The van der Waals surface area contributed by atoms with Crippen molar-refractivity contribution in [3.63, 3.8) is 0 Å². The summed E-state index contributed by atoms with van der Waals surface area (Å²) in [7, 11) is -3.95. The van der Waals surface area contributed by atoms with Crippen molar-refractivity contribution in [3.05, 3.63) is 107 Å². The van der Waals surface area contributed by atoms with E-state index in [-0.39, 0.29) is 9.79 Å². The average molecular weight is 572 g/mol. The first-order valence-corrected chi connectivity index (χ1v) is 17.1. The van der Waals surface area contributed by atoms with E-state index in [1.54, 1.807) is 60.7 Å². The Kier molecular flexibility index (Phi) is 5.92. The molecule has 6 atom stereocenters. The Morgan fingerprint density at radius 1 is 0.650 bits per heavy atom. The lowest BCUT2D eigenvalue weighted by Gasteiger charge is -2.35. The van der Waals surface area contributed by atoms with Crippen molar-refractivity contribution in [2.45, 2.75) is 39.6 Å². The number of sulfone groups is 2. The van der Waals surface area contributed by atoms with E-state index < -0.39 is 42.0 Å². The maximum Gasteiger partial charge on any atom is 0.183 e. The zero-order chi connectivity index (χ0) is 27.8. The molecule has 0 radical (unpaired) electrons. The molecule has 40 heavy (non-hydrogen) atoms. The summed E-state index contributed by atoms with van der Waals surface area (Å²) < 4.78 is 58.0. The second kappa shape index (κ2) is 9.18. The minimum atomic E-state index is -3.97. The van der Waals surface area contributed by atoms with E-state index in [4.69, 9.17) is 0 Å². The van der Waals surface area contributed by atoms with Crippen LogP contribution in [0.4, 0.5) is 5.69 Å². The van der Waals surface area contributed by atoms with Gasteiger partial charge < -0.3 is 4.90 Å². The molecule has 0 amide bonds. The van der Waals surface area contributed by atoms with Crippen LogP contribution in [-0.2, 0) is 19.7 Å². The summed E-state index contributed by atoms with van der Waals surface area (Å²) in [5, 5.41) is -2.12. The molecule has 0 heterocycles. The molecule has 7 heteroatoms. The van der Waals surface area contributed by atoms with Crippen LogP contribution >= 0.6 is 0 Å². The molecule has 0 spiro atoms. The van der Waals surface area contributed by atoms with E-state index in [0.717, 1.165) is 36.1 Å². The largest absolute Gasteiger partial charge is 0.378 e. The zero-order valence-electron chi connectivity index (χ0n) is 22.6. The van der Waals surface area contributed by atoms with Crippen LogP contribution in [0, 0.1) is 23.7 Å². The first-order valence-electron chi connectivity index (χ1n) is 14.0. The van der Waals surface area contributed by atoms with E-state index in [1.165, 1.54) is 11.1 Å². The topological polar surface area (TPSA) is 71.5 Å². The summed E-state index contributed by atoms with van der Waals surface area (Å²) in [5.41, 5.74) is 5.48. The smallest absolute Gasteiger partial charge is 0.183 e. The van der Waals surface area contributed by atoms with Gasteiger partial charge in [-0.15, -0.1) is 0 Å². The molecule has 0 N–H and O–H groups in total. The number of anilines is 1. The highest BCUT2D eigenvalue weighted by Gasteiger charge is 2.67. The van der Waals surface area contributed by atoms with E-state index >= 15 is 0 Å². The van der Waals surface area contributed by atoms with Gasteiger partial charge in [-0.1, -0.05) is 71.3 Å². The SMILES string of the molecule is CN(C)c1ccc(C=C2[C@H]3C4=C([C@H]5CC[C@H]4C5)[C@H]2[C@H](S(=O)(=O)c2ccccc2)[C@H]3S(=O)(=O)c2ccccc2)cc1. The Bertz CT molecular complexity index is 1640. The Morgan fingerprint density at radius 3 is 1.52 bits per heavy atom. The van der Waals surface area contributed by atoms with E-state index in [1.807, 2.05) is 43.3 Å². The zero-order valence-corrected chi connectivity index (χ0v) is 24.3. The molecule has 2 fully saturated rings. The number of nitrogens with zero attached hydrogens (tertiary/aromatic N) is 1. The number of allylic oxidation sites excluding steroid dienone is 3. The van der Waals surface area contributed by atoms with Crippen LogP contribution in [0.2, 0.25) is 0 Å². The summed E-state index contributed by atoms with van der Waals surface area (Å²) >= 11 is 0. The molecular weight excluding hydrogens is 539 g/mol. The van der Waals surface area contributed by atoms with Gasteiger partial charge >= 0.3 is 0 Å². The number of benzene rings is 3. The predicted molar refractivity (Wildman–Crippen MR) is 158 cm³/mol. The molecular formula is C33H33NO4S2. The van der Waals surface area contributed by atoms with Crippen molar-refractivity contribution < 1.29 is 16.8 Å². The van der Waals surface area contributed by atoms with Gasteiger partial charge in [-0.05, 0) is 73.1 Å². The maximum atomic E-state index is 14.5. The fraction of sp³-hybridized carbons (Fsp3) is 0.333. The number of fused-ring (bicyclic) bond motifs is 8. The molecule has 0 aliphatic heterocycles. The lowest BCUT2D eigenvalue weighted by molar-refractivity contribution is 0.494. The molecule has 0 saturated heterocycles. The van der Waals surface area contributed by atoms with Crippen LogP contribution < -0.4 is 4.90 Å². The van der Waals surface area contributed by atoms with Gasteiger partial charge in [0.15, 0.2) is 19.7 Å². The highest BCUT2D eigenvalue weighted by molar-refractivity contribution is 7.96. The molecule has 0 aromatic heterocycles. The second-order valence-electron chi connectivity index (χ2n) is 11.8. The quantitative estimate of drug-likeness (QED) is 0.276. The van der Waals surface area contributed by atoms with Crippen LogP contribution in [0.15, 0.2) is 111 Å². The van der Waals surface area contributed by atoms with Gasteiger partial charge in [0, 0.05) is 31.6 Å². The predicted octanol–water partition coefficient (Wildman–Crippen LogP) is 5.81. The van der Waals surface area contributed by atoms with E-state index in [2.05, 4.69) is 6.08 Å². The lowest BCUT2D eigenvalue weighted by atomic mass is 9.82. The standard InChI is InChI=1S/C33H33NO4S2/c1-34(2)24-17-13-21(14-18-24)19-27-30-28-22-15-16-23(20-22)29(28)31(27)33(40(37,38)26-11-7-4-8-12-26)32(30)39(35,36)25-9-5-3-6-10-25/h3-14,17-19,22-23,30-33H,15-16,20H2,1-2H3/t22-,23-,30-,31-,32-,33-/m0/s1. The Balaban J connectivity index is 1.46. The summed E-state index contributed by atoms with van der Waals surface area (Å²) in [4.78, 5) is 2.43. The summed E-state index contributed by atoms with van der Waals surface area (Å²) in [6.45, 7) is 0. The summed E-state index contributed by atoms with van der Waals surface area (Å²) in [6, 6.07) is 25.0. The molecule has 2 saturated carbocycles. The monoisotopic (exact) mass is 571 g/mol. The Labute approximate surface area is 237 Å². The van der Waals surface area contributed by atoms with E-state index in [0.29, 0.717) is 11.8 Å². The molecule has 7 rings (SSSR count). The normalized spacial score (nSPS) is 28.7. The number of hydrogen-bond donors (Lipinski definition) is 0. The van der Waals surface area contributed by atoms with Gasteiger partial charge in [0.1, 0.15) is 0 Å². The van der Waals surface area contributed by atoms with Gasteiger partial charge in [0.2, 0.25) is 0 Å². The lowest BCUT2D eigenvalue weighted by Crippen LogP contribution is -2.45. The minimum absolute atomic E-state index is 0.195. The molecule has 4 aliphatic rings. The van der Waals surface area contributed by atoms with E-state index in [9.17, 15) is 16.8 Å². The van der Waals surface area contributed by atoms with Gasteiger partial charge in [0.05, 0.1) is 20.3 Å². The first-order chi connectivity index (χ1) is 19.2. The van der Waals surface area contributed by atoms with Crippen molar-refractivity contribution in [3.8, 4) is 0 Å². The second-order valence-corrected chi connectivity index (χ2v) is 16.1. The highest BCUT2D eigenvalue weighted by atomic mass is 32.2. The molecule has 4 bridgehead atoms. The van der Waals surface area contributed by atoms with Gasteiger partial charge in [-0.3, -0.25) is 0 Å². The molecule has 4 aliphatic carbocycles. The molecule has 5 nitrogen and oxygen atoms in total. The maximum absolute atomic E-state index is 14.5. The van der Waals surface area contributed by atoms with Crippen molar-refractivity contribution in [1.82, 2.24) is 0 Å².